The summed E-state index contributed by atoms with van der Waals surface area (Å²) in [7, 11) is -3.62. The summed E-state index contributed by atoms with van der Waals surface area (Å²) >= 11 is 1.26. The van der Waals surface area contributed by atoms with Crippen molar-refractivity contribution in [2.24, 2.45) is 16.8 Å². The van der Waals surface area contributed by atoms with Crippen molar-refractivity contribution in [3.63, 3.8) is 0 Å². The van der Waals surface area contributed by atoms with Gasteiger partial charge in [-0.15, -0.1) is 0 Å². The quantitative estimate of drug-likeness (QED) is 0.523. The molecule has 0 aliphatic carbocycles. The Kier molecular flexibility index (Phi) is 6.83. The summed E-state index contributed by atoms with van der Waals surface area (Å²) in [6, 6.07) is 10.8. The van der Waals surface area contributed by atoms with Gasteiger partial charge in [-0.3, -0.25) is 4.79 Å². The van der Waals surface area contributed by atoms with Gasteiger partial charge in [0, 0.05) is 25.2 Å². The van der Waals surface area contributed by atoms with Crippen LogP contribution < -0.4 is 4.80 Å². The topological polar surface area (TPSA) is 71.7 Å². The molecule has 6 nitrogen and oxygen atoms in total. The zero-order valence-corrected chi connectivity index (χ0v) is 20.6. The number of fused-ring (bicyclic) bond motifs is 1. The van der Waals surface area contributed by atoms with E-state index in [1.54, 1.807) is 16.7 Å². The van der Waals surface area contributed by atoms with E-state index in [4.69, 9.17) is 0 Å². The fourth-order valence-corrected chi connectivity index (χ4v) is 7.22. The van der Waals surface area contributed by atoms with Gasteiger partial charge >= 0.3 is 0 Å². The molecule has 0 saturated carbocycles. The number of carbonyl (C=O) groups excluding carboxylic acids is 1. The van der Waals surface area contributed by atoms with E-state index >= 15 is 0 Å². The number of aryl methyl sites for hydroxylation is 1. The number of sulfonamides is 1. The third kappa shape index (κ3) is 4.81. The van der Waals surface area contributed by atoms with Crippen molar-refractivity contribution in [2.75, 3.05) is 13.1 Å². The van der Waals surface area contributed by atoms with Gasteiger partial charge in [0.25, 0.3) is 5.91 Å². The van der Waals surface area contributed by atoms with E-state index in [0.29, 0.717) is 41.8 Å². The van der Waals surface area contributed by atoms with Crippen LogP contribution in [0.4, 0.5) is 4.39 Å². The highest BCUT2D eigenvalue weighted by Gasteiger charge is 2.31. The number of rotatable bonds is 5. The van der Waals surface area contributed by atoms with Crippen LogP contribution in [0.1, 0.15) is 44.0 Å². The van der Waals surface area contributed by atoms with E-state index in [2.05, 4.69) is 18.8 Å². The summed E-state index contributed by atoms with van der Waals surface area (Å²) < 4.78 is 44.5. The van der Waals surface area contributed by atoms with Crippen LogP contribution in [-0.4, -0.2) is 36.3 Å². The summed E-state index contributed by atoms with van der Waals surface area (Å²) in [6.45, 7) is 7.65. The Morgan fingerprint density at radius 1 is 1.12 bits per heavy atom. The second kappa shape index (κ2) is 9.48. The van der Waals surface area contributed by atoms with E-state index in [-0.39, 0.29) is 16.3 Å². The highest BCUT2D eigenvalue weighted by molar-refractivity contribution is 7.89. The first-order chi connectivity index (χ1) is 15.7. The zero-order chi connectivity index (χ0) is 23.8. The van der Waals surface area contributed by atoms with Crippen LogP contribution in [0.3, 0.4) is 0 Å². The summed E-state index contributed by atoms with van der Waals surface area (Å²) in [5, 5.41) is 0. The van der Waals surface area contributed by atoms with Gasteiger partial charge < -0.3 is 4.57 Å². The molecule has 4 rings (SSSR count). The molecule has 0 bridgehead atoms. The minimum absolute atomic E-state index is 0.172. The summed E-state index contributed by atoms with van der Waals surface area (Å²) in [4.78, 5) is 17.7. The fourth-order valence-electron chi connectivity index (χ4n) is 4.48. The highest BCUT2D eigenvalue weighted by atomic mass is 32.2. The number of nitrogens with zero attached hydrogens (tertiary/aromatic N) is 3. The molecule has 2 unspecified atom stereocenters. The van der Waals surface area contributed by atoms with Gasteiger partial charge in [-0.1, -0.05) is 38.2 Å². The molecule has 1 amide bonds. The van der Waals surface area contributed by atoms with E-state index in [1.165, 1.54) is 46.0 Å². The number of carbonyl (C=O) groups is 1. The number of hydrogen-bond donors (Lipinski definition) is 0. The number of aromatic nitrogens is 1. The predicted octanol–water partition coefficient (Wildman–Crippen LogP) is 4.66. The Labute approximate surface area is 197 Å². The summed E-state index contributed by atoms with van der Waals surface area (Å²) in [5.74, 6) is -0.216. The molecule has 176 valence electrons. The van der Waals surface area contributed by atoms with Gasteiger partial charge in [-0.2, -0.15) is 9.30 Å². The lowest BCUT2D eigenvalue weighted by atomic mass is 9.94. The Balaban J connectivity index is 1.64. The molecule has 33 heavy (non-hydrogen) atoms. The number of halogens is 1. The molecule has 2 heterocycles. The van der Waals surface area contributed by atoms with Gasteiger partial charge in [-0.25, -0.2) is 12.8 Å². The van der Waals surface area contributed by atoms with Crippen LogP contribution >= 0.6 is 11.3 Å². The summed E-state index contributed by atoms with van der Waals surface area (Å²) in [5.41, 5.74) is 0.734. The SMILES string of the molecule is CCCn1c(=NC(=O)c2ccc(S(=O)(=O)N3CC(C)CC(C)C3)cc2)sc2cccc(F)c21. The Bertz CT molecular complexity index is 1330. The number of hydrogen-bond acceptors (Lipinski definition) is 4. The highest BCUT2D eigenvalue weighted by Crippen LogP contribution is 2.27. The molecule has 1 aliphatic heterocycles. The zero-order valence-electron chi connectivity index (χ0n) is 19.0. The fraction of sp³-hybridized carbons (Fsp3) is 0.417. The van der Waals surface area contributed by atoms with Gasteiger partial charge in [0.15, 0.2) is 4.80 Å². The lowest BCUT2D eigenvalue weighted by Gasteiger charge is -2.34. The smallest absolute Gasteiger partial charge is 0.279 e. The van der Waals surface area contributed by atoms with E-state index in [0.717, 1.165) is 17.5 Å². The molecule has 2 aromatic carbocycles. The molecular weight excluding hydrogens is 461 g/mol. The first-order valence-corrected chi connectivity index (χ1v) is 13.4. The average Bonchev–Trinajstić information content (AvgIpc) is 3.11. The van der Waals surface area contributed by atoms with Crippen molar-refractivity contribution in [3.8, 4) is 0 Å². The number of benzene rings is 2. The first-order valence-electron chi connectivity index (χ1n) is 11.2. The van der Waals surface area contributed by atoms with Crippen molar-refractivity contribution in [1.82, 2.24) is 8.87 Å². The number of piperidine rings is 1. The molecule has 2 atom stereocenters. The minimum atomic E-state index is -3.62. The Morgan fingerprint density at radius 3 is 2.42 bits per heavy atom. The molecule has 0 radical (unpaired) electrons. The Morgan fingerprint density at radius 2 is 1.79 bits per heavy atom. The largest absolute Gasteiger partial charge is 0.314 e. The van der Waals surface area contributed by atoms with Gasteiger partial charge in [-0.05, 0) is 61.1 Å². The van der Waals surface area contributed by atoms with Crippen molar-refractivity contribution in [2.45, 2.75) is 45.1 Å². The van der Waals surface area contributed by atoms with Crippen LogP contribution in [0.2, 0.25) is 0 Å². The van der Waals surface area contributed by atoms with Crippen LogP contribution in [0.25, 0.3) is 10.2 Å². The van der Waals surface area contributed by atoms with Gasteiger partial charge in [0.1, 0.15) is 5.82 Å². The molecule has 0 spiro atoms. The van der Waals surface area contributed by atoms with E-state index in [1.807, 2.05) is 6.92 Å². The standard InChI is InChI=1S/C24H28FN3O3S2/c1-4-12-28-22-20(25)6-5-7-21(22)32-24(28)26-23(29)18-8-10-19(11-9-18)33(30,31)27-14-16(2)13-17(3)15-27/h5-11,16-17H,4,12-15H2,1-3H3. The number of amides is 1. The molecule has 1 aromatic heterocycles. The average molecular weight is 490 g/mol. The third-order valence-corrected chi connectivity index (χ3v) is 8.76. The number of para-hydroxylation sites is 1. The monoisotopic (exact) mass is 489 g/mol. The molecule has 1 aliphatic rings. The predicted molar refractivity (Wildman–Crippen MR) is 128 cm³/mol. The summed E-state index contributed by atoms with van der Waals surface area (Å²) in [6.07, 6.45) is 1.78. The van der Waals surface area contributed by atoms with Crippen LogP contribution in [0, 0.1) is 17.7 Å². The lowest BCUT2D eigenvalue weighted by molar-refractivity contribution is 0.0997. The molecule has 1 fully saturated rings. The van der Waals surface area contributed by atoms with E-state index < -0.39 is 15.9 Å². The molecule has 3 aromatic rings. The van der Waals surface area contributed by atoms with Crippen molar-refractivity contribution >= 4 is 37.5 Å². The van der Waals surface area contributed by atoms with Crippen molar-refractivity contribution in [3.05, 3.63) is 58.6 Å². The maximum atomic E-state index is 14.4. The maximum Gasteiger partial charge on any atom is 0.279 e. The van der Waals surface area contributed by atoms with Crippen molar-refractivity contribution in [1.29, 1.82) is 0 Å². The van der Waals surface area contributed by atoms with Crippen molar-refractivity contribution < 1.29 is 17.6 Å². The van der Waals surface area contributed by atoms with E-state index in [9.17, 15) is 17.6 Å². The molecule has 9 heteroatoms. The minimum Gasteiger partial charge on any atom is -0.314 e. The molecule has 1 saturated heterocycles. The van der Waals surface area contributed by atoms with Crippen LogP contribution in [-0.2, 0) is 16.6 Å². The van der Waals surface area contributed by atoms with Crippen LogP contribution in [0.5, 0.6) is 0 Å². The second-order valence-electron chi connectivity index (χ2n) is 8.83. The normalized spacial score (nSPS) is 20.4. The van der Waals surface area contributed by atoms with Gasteiger partial charge in [0.05, 0.1) is 15.1 Å². The molecule has 0 N–H and O–H groups in total. The second-order valence-corrected chi connectivity index (χ2v) is 11.8. The first kappa shape index (κ1) is 23.8. The number of thiazole rings is 1. The maximum absolute atomic E-state index is 14.4. The third-order valence-electron chi connectivity index (χ3n) is 5.87. The molecular formula is C24H28FN3O3S2. The van der Waals surface area contributed by atoms with Crippen LogP contribution in [0.15, 0.2) is 52.4 Å². The Hall–Kier alpha value is -2.36. The van der Waals surface area contributed by atoms with Gasteiger partial charge in [0.2, 0.25) is 10.0 Å². The lowest BCUT2D eigenvalue weighted by Crippen LogP contribution is -2.42.